The standard InChI is InChI=1S/C47H28O2/c1-2-12-32(13-3-1)47(33-22-25-44-39(28-33)36-15-5-7-18-42(36)48-44)40-17-6-4-14-34(40)35-23-20-31(27-41(35)47)30-21-24-43-38(26-30)37-16-8-10-29-11-9-19-45(49-43)46(29)37/h1-28H/i1D,2D,3D,12D,13D. The summed E-state index contributed by atoms with van der Waals surface area (Å²) >= 11 is 0. The highest BCUT2D eigenvalue weighted by atomic mass is 16.5. The van der Waals surface area contributed by atoms with Crippen molar-refractivity contribution in [3.63, 3.8) is 0 Å². The second-order valence-electron chi connectivity index (χ2n) is 12.8. The van der Waals surface area contributed by atoms with Crippen LogP contribution in [0.4, 0.5) is 0 Å². The summed E-state index contributed by atoms with van der Waals surface area (Å²) in [6, 6.07) is 45.3. The maximum Gasteiger partial charge on any atom is 0.135 e. The van der Waals surface area contributed by atoms with Crippen LogP contribution in [-0.2, 0) is 5.41 Å². The minimum atomic E-state index is -1.27. The highest BCUT2D eigenvalue weighted by Gasteiger charge is 2.46. The van der Waals surface area contributed by atoms with Gasteiger partial charge in [0.1, 0.15) is 22.7 Å². The molecule has 1 unspecified atom stereocenters. The molecule has 0 bridgehead atoms. The molecule has 11 rings (SSSR count). The quantitative estimate of drug-likeness (QED) is 0.194. The lowest BCUT2D eigenvalue weighted by Crippen LogP contribution is -2.28. The van der Waals surface area contributed by atoms with Gasteiger partial charge in [-0.15, -0.1) is 0 Å². The number of benzene rings is 8. The summed E-state index contributed by atoms with van der Waals surface area (Å²) < 4.78 is 57.8. The lowest BCUT2D eigenvalue weighted by Gasteiger charge is -2.34. The first-order valence-corrected chi connectivity index (χ1v) is 16.4. The maximum atomic E-state index is 9.45. The van der Waals surface area contributed by atoms with Crippen LogP contribution >= 0.6 is 0 Å². The van der Waals surface area contributed by atoms with Gasteiger partial charge in [-0.3, -0.25) is 0 Å². The zero-order chi connectivity index (χ0) is 36.5. The molecule has 0 radical (unpaired) electrons. The topological polar surface area (TPSA) is 22.4 Å². The predicted molar refractivity (Wildman–Crippen MR) is 199 cm³/mol. The van der Waals surface area contributed by atoms with Crippen molar-refractivity contribution in [1.82, 2.24) is 0 Å². The molecule has 2 heteroatoms. The normalized spacial score (nSPS) is 17.0. The Morgan fingerprint density at radius 1 is 0.469 bits per heavy atom. The third-order valence-electron chi connectivity index (χ3n) is 10.4. The molecular weight excluding hydrogens is 597 g/mol. The Hall–Kier alpha value is -6.38. The molecule has 1 aliphatic heterocycles. The van der Waals surface area contributed by atoms with Crippen molar-refractivity contribution in [2.24, 2.45) is 0 Å². The van der Waals surface area contributed by atoms with Crippen LogP contribution in [0.3, 0.4) is 0 Å². The van der Waals surface area contributed by atoms with Gasteiger partial charge in [0.2, 0.25) is 0 Å². The summed E-state index contributed by atoms with van der Waals surface area (Å²) in [6.45, 7) is 0. The van der Waals surface area contributed by atoms with Crippen LogP contribution in [0.5, 0.6) is 11.5 Å². The molecule has 1 aliphatic carbocycles. The van der Waals surface area contributed by atoms with Gasteiger partial charge in [-0.25, -0.2) is 0 Å². The average molecular weight is 630 g/mol. The minimum absolute atomic E-state index is 0.214. The molecule has 228 valence electrons. The number of fused-ring (bicyclic) bond motifs is 8. The van der Waals surface area contributed by atoms with Crippen molar-refractivity contribution in [2.75, 3.05) is 0 Å². The van der Waals surface area contributed by atoms with Crippen molar-refractivity contribution in [3.05, 3.63) is 192 Å². The summed E-state index contributed by atoms with van der Waals surface area (Å²) in [5.41, 5.74) is 8.78. The molecule has 0 N–H and O–H groups in total. The Bertz CT molecular complexity index is 3070. The molecule has 49 heavy (non-hydrogen) atoms. The van der Waals surface area contributed by atoms with E-state index in [1.54, 1.807) is 0 Å². The smallest absolute Gasteiger partial charge is 0.135 e. The molecule has 1 aromatic heterocycles. The van der Waals surface area contributed by atoms with Gasteiger partial charge in [0.05, 0.1) is 12.3 Å². The van der Waals surface area contributed by atoms with E-state index in [9.17, 15) is 2.74 Å². The molecule has 8 aromatic carbocycles. The van der Waals surface area contributed by atoms with E-state index in [0.29, 0.717) is 5.58 Å². The lowest BCUT2D eigenvalue weighted by molar-refractivity contribution is 0.487. The zero-order valence-electron chi connectivity index (χ0n) is 31.1. The lowest BCUT2D eigenvalue weighted by atomic mass is 9.67. The van der Waals surface area contributed by atoms with Crippen molar-refractivity contribution in [2.45, 2.75) is 5.41 Å². The van der Waals surface area contributed by atoms with Gasteiger partial charge in [0, 0.05) is 21.7 Å². The van der Waals surface area contributed by atoms with Crippen LogP contribution < -0.4 is 4.74 Å². The van der Waals surface area contributed by atoms with E-state index >= 15 is 0 Å². The molecule has 2 aliphatic rings. The molecule has 9 aromatic rings. The van der Waals surface area contributed by atoms with E-state index in [4.69, 9.17) is 13.3 Å². The van der Waals surface area contributed by atoms with Gasteiger partial charge in [0.15, 0.2) is 0 Å². The summed E-state index contributed by atoms with van der Waals surface area (Å²) in [6.07, 6.45) is 0. The number of furan rings is 1. The fourth-order valence-corrected chi connectivity index (χ4v) is 8.32. The summed E-state index contributed by atoms with van der Waals surface area (Å²) in [5, 5.41) is 4.03. The predicted octanol–water partition coefficient (Wildman–Crippen LogP) is 12.5. The molecule has 0 saturated carbocycles. The largest absolute Gasteiger partial charge is 0.456 e. The number of para-hydroxylation sites is 1. The third-order valence-corrected chi connectivity index (χ3v) is 10.4. The molecule has 1 atom stereocenters. The van der Waals surface area contributed by atoms with Crippen LogP contribution in [0.25, 0.3) is 66.1 Å². The van der Waals surface area contributed by atoms with E-state index in [-0.39, 0.29) is 29.7 Å². The van der Waals surface area contributed by atoms with Gasteiger partial charge >= 0.3 is 0 Å². The molecule has 2 heterocycles. The number of ether oxygens (including phenoxy) is 1. The Kier molecular flexibility index (Phi) is 4.46. The Morgan fingerprint density at radius 2 is 1.22 bits per heavy atom. The molecule has 0 fully saturated rings. The number of hydrogen-bond acceptors (Lipinski definition) is 2. The molecule has 2 nitrogen and oxygen atoms in total. The van der Waals surface area contributed by atoms with E-state index in [1.807, 2.05) is 72.8 Å². The van der Waals surface area contributed by atoms with Gasteiger partial charge < -0.3 is 9.15 Å². The molecule has 0 spiro atoms. The van der Waals surface area contributed by atoms with Crippen LogP contribution in [0.2, 0.25) is 0 Å². The fraction of sp³-hybridized carbons (Fsp3) is 0.0213. The first kappa shape index (κ1) is 22.2. The first-order valence-electron chi connectivity index (χ1n) is 18.9. The monoisotopic (exact) mass is 629 g/mol. The Labute approximate surface area is 290 Å². The van der Waals surface area contributed by atoms with E-state index in [2.05, 4.69) is 66.7 Å². The molecule has 0 saturated heterocycles. The maximum absolute atomic E-state index is 9.45. The van der Waals surface area contributed by atoms with Crippen LogP contribution in [0.15, 0.2) is 174 Å². The van der Waals surface area contributed by atoms with Gasteiger partial charge in [0.25, 0.3) is 0 Å². The summed E-state index contributed by atoms with van der Waals surface area (Å²) in [5.74, 6) is 1.62. The minimum Gasteiger partial charge on any atom is -0.456 e. The van der Waals surface area contributed by atoms with Crippen LogP contribution in [-0.4, -0.2) is 0 Å². The highest BCUT2D eigenvalue weighted by Crippen LogP contribution is 2.57. The third kappa shape index (κ3) is 3.61. The van der Waals surface area contributed by atoms with E-state index < -0.39 is 11.5 Å². The van der Waals surface area contributed by atoms with Crippen molar-refractivity contribution in [3.8, 4) is 44.9 Å². The molecular formula is C47H28O2. The number of rotatable bonds is 3. The van der Waals surface area contributed by atoms with Gasteiger partial charge in [-0.1, -0.05) is 127 Å². The summed E-state index contributed by atoms with van der Waals surface area (Å²) in [4.78, 5) is 0. The van der Waals surface area contributed by atoms with Crippen molar-refractivity contribution >= 4 is 32.7 Å². The van der Waals surface area contributed by atoms with Gasteiger partial charge in [-0.05, 0) is 97.9 Å². The highest BCUT2D eigenvalue weighted by molar-refractivity contribution is 6.06. The SMILES string of the molecule is [2H]c1c([2H])c([2H])c(C2(c3ccc4oc5ccccc5c4c3)c3ccccc3-c3ccc(-c4ccc5c(c4)-c4cccc6cccc(c46)O5)cc32)c([2H])c1[2H]. The van der Waals surface area contributed by atoms with Crippen LogP contribution in [0.1, 0.15) is 29.1 Å². The fourth-order valence-electron chi connectivity index (χ4n) is 8.32. The van der Waals surface area contributed by atoms with E-state index in [0.717, 1.165) is 88.7 Å². The summed E-state index contributed by atoms with van der Waals surface area (Å²) in [7, 11) is 0. The number of hydrogen-bond donors (Lipinski definition) is 0. The molecule has 0 amide bonds. The van der Waals surface area contributed by atoms with Crippen molar-refractivity contribution < 1.29 is 16.0 Å². The second kappa shape index (κ2) is 9.82. The Morgan fingerprint density at radius 3 is 2.16 bits per heavy atom. The van der Waals surface area contributed by atoms with Crippen LogP contribution in [0, 0.1) is 0 Å². The first-order chi connectivity index (χ1) is 26.3. The second-order valence-corrected chi connectivity index (χ2v) is 12.8. The Balaban J connectivity index is 1.23. The average Bonchev–Trinajstić information content (AvgIpc) is 3.73. The zero-order valence-corrected chi connectivity index (χ0v) is 26.1. The van der Waals surface area contributed by atoms with Gasteiger partial charge in [-0.2, -0.15) is 0 Å². The van der Waals surface area contributed by atoms with E-state index in [1.165, 1.54) is 0 Å². The van der Waals surface area contributed by atoms with Crippen molar-refractivity contribution in [1.29, 1.82) is 0 Å².